The van der Waals surface area contributed by atoms with E-state index in [9.17, 15) is 5.11 Å². The van der Waals surface area contributed by atoms with E-state index in [1.54, 1.807) is 14.2 Å². The maximum atomic E-state index is 9.86. The lowest BCUT2D eigenvalue weighted by Crippen LogP contribution is -2.31. The normalized spacial score (nSPS) is 15.6. The van der Waals surface area contributed by atoms with Crippen molar-refractivity contribution in [3.63, 3.8) is 0 Å². The first kappa shape index (κ1) is 14.9. The van der Waals surface area contributed by atoms with Crippen molar-refractivity contribution >= 4 is 0 Å². The molecule has 0 radical (unpaired) electrons. The van der Waals surface area contributed by atoms with E-state index >= 15 is 0 Å². The maximum absolute atomic E-state index is 9.86. The zero-order valence-electron chi connectivity index (χ0n) is 10.5. The molecule has 3 heteroatoms. The van der Waals surface area contributed by atoms with Gasteiger partial charge in [0.2, 0.25) is 0 Å². The van der Waals surface area contributed by atoms with Crippen molar-refractivity contribution in [3.8, 4) is 0 Å². The van der Waals surface area contributed by atoms with Crippen molar-refractivity contribution in [1.29, 1.82) is 0 Å². The van der Waals surface area contributed by atoms with E-state index < -0.39 is 12.4 Å². The first-order chi connectivity index (χ1) is 7.19. The lowest BCUT2D eigenvalue weighted by Gasteiger charge is -2.24. The van der Waals surface area contributed by atoms with Gasteiger partial charge in [0.1, 0.15) is 6.10 Å². The fourth-order valence-corrected chi connectivity index (χ4v) is 1.84. The minimum atomic E-state index is -0.512. The molecule has 0 fully saturated rings. The van der Waals surface area contributed by atoms with Crippen molar-refractivity contribution in [2.24, 2.45) is 5.92 Å². The van der Waals surface area contributed by atoms with Gasteiger partial charge >= 0.3 is 0 Å². The van der Waals surface area contributed by atoms with E-state index in [4.69, 9.17) is 9.47 Å². The van der Waals surface area contributed by atoms with Crippen LogP contribution in [0.4, 0.5) is 0 Å². The van der Waals surface area contributed by atoms with Crippen LogP contribution in [0.2, 0.25) is 0 Å². The van der Waals surface area contributed by atoms with Gasteiger partial charge in [0.05, 0.1) is 0 Å². The highest BCUT2D eigenvalue weighted by atomic mass is 16.7. The monoisotopic (exact) mass is 218 g/mol. The summed E-state index contributed by atoms with van der Waals surface area (Å²) in [6.07, 6.45) is 4.51. The molecular formula is C12H26O3. The van der Waals surface area contributed by atoms with Gasteiger partial charge in [-0.05, 0) is 12.3 Å². The number of hydrogen-bond donors (Lipinski definition) is 1. The highest BCUT2D eigenvalue weighted by Gasteiger charge is 2.21. The summed E-state index contributed by atoms with van der Waals surface area (Å²) in [7, 11) is 3.12. The van der Waals surface area contributed by atoms with E-state index in [2.05, 4.69) is 13.8 Å². The molecule has 15 heavy (non-hydrogen) atoms. The lowest BCUT2D eigenvalue weighted by atomic mass is 9.93. The smallest absolute Gasteiger partial charge is 0.182 e. The van der Waals surface area contributed by atoms with Crippen molar-refractivity contribution in [1.82, 2.24) is 0 Å². The summed E-state index contributed by atoms with van der Waals surface area (Å²) in [5.41, 5.74) is 0. The van der Waals surface area contributed by atoms with Crippen molar-refractivity contribution in [2.75, 3.05) is 14.2 Å². The average molecular weight is 218 g/mol. The molecule has 0 heterocycles. The Balaban J connectivity index is 3.92. The van der Waals surface area contributed by atoms with Crippen LogP contribution in [0.15, 0.2) is 0 Å². The van der Waals surface area contributed by atoms with E-state index in [1.165, 1.54) is 19.3 Å². The maximum Gasteiger partial charge on any atom is 0.182 e. The Morgan fingerprint density at radius 2 is 1.73 bits per heavy atom. The molecule has 0 aliphatic rings. The van der Waals surface area contributed by atoms with Crippen LogP contribution in [0, 0.1) is 5.92 Å². The number of hydrogen-bond acceptors (Lipinski definition) is 3. The van der Waals surface area contributed by atoms with Crippen LogP contribution >= 0.6 is 0 Å². The van der Waals surface area contributed by atoms with Crippen LogP contribution < -0.4 is 0 Å². The Morgan fingerprint density at radius 1 is 1.13 bits per heavy atom. The van der Waals surface area contributed by atoms with Crippen molar-refractivity contribution in [3.05, 3.63) is 0 Å². The summed E-state index contributed by atoms with van der Waals surface area (Å²) in [4.78, 5) is 0. The standard InChI is InChI=1S/C12H26O3/c1-5-7-8-10(6-2)9-11(13)12(14-3)15-4/h10-13H,5-9H2,1-4H3. The van der Waals surface area contributed by atoms with Crippen LogP contribution in [-0.2, 0) is 9.47 Å². The van der Waals surface area contributed by atoms with Crippen molar-refractivity contribution in [2.45, 2.75) is 58.3 Å². The quantitative estimate of drug-likeness (QED) is 0.604. The molecule has 0 aliphatic heterocycles. The van der Waals surface area contributed by atoms with Gasteiger partial charge in [0.25, 0.3) is 0 Å². The van der Waals surface area contributed by atoms with Crippen LogP contribution in [0.1, 0.15) is 46.0 Å². The molecule has 0 aliphatic carbocycles. The molecule has 2 unspecified atom stereocenters. The summed E-state index contributed by atoms with van der Waals surface area (Å²) >= 11 is 0. The number of aliphatic hydroxyl groups is 1. The summed E-state index contributed by atoms with van der Waals surface area (Å²) in [6.45, 7) is 4.36. The van der Waals surface area contributed by atoms with Gasteiger partial charge in [0, 0.05) is 14.2 Å². The third kappa shape index (κ3) is 6.13. The van der Waals surface area contributed by atoms with Crippen LogP contribution in [0.25, 0.3) is 0 Å². The molecule has 0 rings (SSSR count). The van der Waals surface area contributed by atoms with E-state index in [-0.39, 0.29) is 0 Å². The topological polar surface area (TPSA) is 38.7 Å². The summed E-state index contributed by atoms with van der Waals surface area (Å²) in [6, 6.07) is 0. The predicted molar refractivity (Wildman–Crippen MR) is 61.7 cm³/mol. The first-order valence-corrected chi connectivity index (χ1v) is 5.93. The molecule has 2 atom stereocenters. The summed E-state index contributed by atoms with van der Waals surface area (Å²) in [5, 5.41) is 9.86. The van der Waals surface area contributed by atoms with Gasteiger partial charge in [-0.2, -0.15) is 0 Å². The molecule has 0 spiro atoms. The molecule has 0 aromatic carbocycles. The highest BCUT2D eigenvalue weighted by Crippen LogP contribution is 2.20. The second kappa shape index (κ2) is 9.13. The van der Waals surface area contributed by atoms with Gasteiger partial charge in [0.15, 0.2) is 6.29 Å². The van der Waals surface area contributed by atoms with Crippen molar-refractivity contribution < 1.29 is 14.6 Å². The van der Waals surface area contributed by atoms with E-state index in [0.29, 0.717) is 5.92 Å². The minimum Gasteiger partial charge on any atom is -0.388 e. The molecule has 1 N–H and O–H groups in total. The molecule has 0 aromatic heterocycles. The molecule has 0 bridgehead atoms. The average Bonchev–Trinajstić information content (AvgIpc) is 2.25. The Labute approximate surface area is 93.8 Å². The van der Waals surface area contributed by atoms with Crippen LogP contribution in [0.3, 0.4) is 0 Å². The van der Waals surface area contributed by atoms with Crippen LogP contribution in [0.5, 0.6) is 0 Å². The van der Waals surface area contributed by atoms with Gasteiger partial charge < -0.3 is 14.6 Å². The van der Waals surface area contributed by atoms with Gasteiger partial charge in [-0.25, -0.2) is 0 Å². The van der Waals surface area contributed by atoms with Gasteiger partial charge in [-0.15, -0.1) is 0 Å². The number of unbranched alkanes of at least 4 members (excludes halogenated alkanes) is 1. The van der Waals surface area contributed by atoms with Gasteiger partial charge in [-0.3, -0.25) is 0 Å². The Hall–Kier alpha value is -0.120. The molecule has 0 amide bonds. The fraction of sp³-hybridized carbons (Fsp3) is 1.00. The Bertz CT molecular complexity index is 135. The Kier molecular flexibility index (Phi) is 9.06. The third-order valence-electron chi connectivity index (χ3n) is 2.90. The van der Waals surface area contributed by atoms with E-state index in [0.717, 1.165) is 12.8 Å². The van der Waals surface area contributed by atoms with E-state index in [1.807, 2.05) is 0 Å². The third-order valence-corrected chi connectivity index (χ3v) is 2.90. The summed E-state index contributed by atoms with van der Waals surface area (Å²) < 4.78 is 10.1. The molecule has 0 aromatic rings. The first-order valence-electron chi connectivity index (χ1n) is 5.93. The highest BCUT2D eigenvalue weighted by molar-refractivity contribution is 4.67. The Morgan fingerprint density at radius 3 is 2.13 bits per heavy atom. The predicted octanol–water partition coefficient (Wildman–Crippen LogP) is 2.57. The zero-order valence-corrected chi connectivity index (χ0v) is 10.5. The number of rotatable bonds is 9. The number of methoxy groups -OCH3 is 2. The zero-order chi connectivity index (χ0) is 11.7. The lowest BCUT2D eigenvalue weighted by molar-refractivity contribution is -0.168. The molecule has 92 valence electrons. The molecule has 3 nitrogen and oxygen atoms in total. The second-order valence-electron chi connectivity index (χ2n) is 4.06. The summed E-state index contributed by atoms with van der Waals surface area (Å²) in [5.74, 6) is 0.577. The fourth-order valence-electron chi connectivity index (χ4n) is 1.84. The second-order valence-corrected chi connectivity index (χ2v) is 4.06. The number of aliphatic hydroxyl groups excluding tert-OH is 1. The SMILES string of the molecule is CCCCC(CC)CC(O)C(OC)OC. The molecule has 0 saturated carbocycles. The molecule has 0 saturated heterocycles. The number of ether oxygens (including phenoxy) is 2. The largest absolute Gasteiger partial charge is 0.388 e. The van der Waals surface area contributed by atoms with Crippen LogP contribution in [-0.4, -0.2) is 31.7 Å². The van der Waals surface area contributed by atoms with Gasteiger partial charge in [-0.1, -0.05) is 39.5 Å². The minimum absolute atomic E-state index is 0.485. The molecular weight excluding hydrogens is 192 g/mol.